The molecule has 154 valence electrons. The summed E-state index contributed by atoms with van der Waals surface area (Å²) in [7, 11) is 0. The van der Waals surface area contributed by atoms with Gasteiger partial charge in [-0.3, -0.25) is 9.59 Å². The number of halogens is 3. The molecule has 0 radical (unpaired) electrons. The third-order valence-electron chi connectivity index (χ3n) is 4.21. The number of rotatable bonds is 7. The first-order valence-corrected chi connectivity index (χ1v) is 9.04. The predicted octanol–water partition coefficient (Wildman–Crippen LogP) is 4.37. The molecule has 0 bridgehead atoms. The Kier molecular flexibility index (Phi) is 5.95. The monoisotopic (exact) mass is 407 g/mol. The number of nitrogens with one attached hydrogen (secondary N) is 3. The van der Waals surface area contributed by atoms with Crippen molar-refractivity contribution in [3.8, 4) is 5.75 Å². The lowest BCUT2D eigenvalue weighted by molar-refractivity contribution is -0.274. The minimum Gasteiger partial charge on any atom is -0.406 e. The summed E-state index contributed by atoms with van der Waals surface area (Å²) in [6, 6.07) is 11.3. The molecule has 1 atom stereocenters. The Hall–Kier alpha value is -3.23. The molecule has 0 spiro atoms. The molecule has 9 heteroatoms. The summed E-state index contributed by atoms with van der Waals surface area (Å²) in [5.74, 6) is -0.663. The smallest absolute Gasteiger partial charge is 0.406 e. The summed E-state index contributed by atoms with van der Waals surface area (Å²) in [6.45, 7) is 1.64. The van der Waals surface area contributed by atoms with Gasteiger partial charge in [-0.2, -0.15) is 0 Å². The van der Waals surface area contributed by atoms with Crippen molar-refractivity contribution in [2.45, 2.75) is 32.2 Å². The highest BCUT2D eigenvalue weighted by Crippen LogP contribution is 2.30. The van der Waals surface area contributed by atoms with E-state index in [0.29, 0.717) is 17.1 Å². The summed E-state index contributed by atoms with van der Waals surface area (Å²) in [6.07, 6.45) is -2.95. The zero-order chi connectivity index (χ0) is 21.0. The van der Waals surface area contributed by atoms with Crippen LogP contribution in [0.5, 0.6) is 5.75 Å². The summed E-state index contributed by atoms with van der Waals surface area (Å²) in [5, 5.41) is 8.48. The van der Waals surface area contributed by atoms with Crippen LogP contribution in [0.4, 0.5) is 30.2 Å². The summed E-state index contributed by atoms with van der Waals surface area (Å²) in [4.78, 5) is 24.2. The fourth-order valence-electron chi connectivity index (χ4n) is 2.58. The summed E-state index contributed by atoms with van der Waals surface area (Å²) >= 11 is 0. The Labute approximate surface area is 165 Å². The Balaban J connectivity index is 1.54. The first-order valence-electron chi connectivity index (χ1n) is 9.04. The van der Waals surface area contributed by atoms with Gasteiger partial charge in [-0.1, -0.05) is 6.07 Å². The highest BCUT2D eigenvalue weighted by molar-refractivity contribution is 5.97. The van der Waals surface area contributed by atoms with Crippen LogP contribution in [-0.4, -0.2) is 24.2 Å². The number of carbonyl (C=O) groups excluding carboxylic acids is 2. The molecule has 1 fully saturated rings. The van der Waals surface area contributed by atoms with Crippen molar-refractivity contribution in [2.24, 2.45) is 5.92 Å². The zero-order valence-corrected chi connectivity index (χ0v) is 15.5. The molecule has 2 amide bonds. The number of hydrogen-bond acceptors (Lipinski definition) is 4. The maximum absolute atomic E-state index is 12.3. The van der Waals surface area contributed by atoms with Gasteiger partial charge < -0.3 is 20.7 Å². The average Bonchev–Trinajstić information content (AvgIpc) is 3.47. The van der Waals surface area contributed by atoms with Crippen molar-refractivity contribution in [3.05, 3.63) is 48.5 Å². The number of alkyl halides is 3. The molecule has 1 aliphatic carbocycles. The van der Waals surface area contributed by atoms with E-state index in [0.717, 1.165) is 25.0 Å². The van der Waals surface area contributed by atoms with Crippen LogP contribution in [-0.2, 0) is 9.59 Å². The second-order valence-electron chi connectivity index (χ2n) is 6.77. The normalized spacial score (nSPS) is 14.6. The predicted molar refractivity (Wildman–Crippen MR) is 103 cm³/mol. The Morgan fingerprint density at radius 3 is 2.28 bits per heavy atom. The van der Waals surface area contributed by atoms with Crippen LogP contribution in [0.15, 0.2) is 48.5 Å². The van der Waals surface area contributed by atoms with Crippen LogP contribution >= 0.6 is 0 Å². The van der Waals surface area contributed by atoms with Crippen LogP contribution < -0.4 is 20.7 Å². The van der Waals surface area contributed by atoms with Crippen LogP contribution in [0.25, 0.3) is 0 Å². The molecule has 3 rings (SSSR count). The molecule has 0 aliphatic heterocycles. The van der Waals surface area contributed by atoms with Gasteiger partial charge in [0.15, 0.2) is 0 Å². The van der Waals surface area contributed by atoms with Gasteiger partial charge in [-0.25, -0.2) is 0 Å². The zero-order valence-electron chi connectivity index (χ0n) is 15.5. The largest absolute Gasteiger partial charge is 0.573 e. The molecular weight excluding hydrogens is 387 g/mol. The quantitative estimate of drug-likeness (QED) is 0.637. The van der Waals surface area contributed by atoms with E-state index in [2.05, 4.69) is 20.7 Å². The van der Waals surface area contributed by atoms with Crippen LogP contribution in [0.2, 0.25) is 0 Å². The lowest BCUT2D eigenvalue weighted by Gasteiger charge is -2.16. The molecule has 3 N–H and O–H groups in total. The molecule has 2 aromatic carbocycles. The van der Waals surface area contributed by atoms with Crippen molar-refractivity contribution in [1.82, 2.24) is 0 Å². The second kappa shape index (κ2) is 8.42. The van der Waals surface area contributed by atoms with Crippen LogP contribution in [0.1, 0.15) is 19.8 Å². The Morgan fingerprint density at radius 2 is 1.66 bits per heavy atom. The highest BCUT2D eigenvalue weighted by atomic mass is 19.4. The van der Waals surface area contributed by atoms with E-state index in [1.807, 2.05) is 0 Å². The van der Waals surface area contributed by atoms with E-state index >= 15 is 0 Å². The topological polar surface area (TPSA) is 79.5 Å². The van der Waals surface area contributed by atoms with E-state index in [-0.39, 0.29) is 23.5 Å². The third kappa shape index (κ3) is 6.41. The molecule has 0 saturated heterocycles. The van der Waals surface area contributed by atoms with Gasteiger partial charge in [0.25, 0.3) is 0 Å². The first-order chi connectivity index (χ1) is 13.7. The van der Waals surface area contributed by atoms with E-state index in [1.165, 1.54) is 12.1 Å². The highest BCUT2D eigenvalue weighted by Gasteiger charge is 2.31. The van der Waals surface area contributed by atoms with Gasteiger partial charge in [0, 0.05) is 23.0 Å². The van der Waals surface area contributed by atoms with Gasteiger partial charge in [0.1, 0.15) is 11.8 Å². The number of anilines is 3. The molecule has 2 aromatic rings. The molecule has 1 saturated carbocycles. The average molecular weight is 407 g/mol. The van der Waals surface area contributed by atoms with E-state index in [4.69, 9.17) is 0 Å². The number of hydrogen-bond donors (Lipinski definition) is 3. The summed E-state index contributed by atoms with van der Waals surface area (Å²) < 4.78 is 40.3. The maximum Gasteiger partial charge on any atom is 0.573 e. The van der Waals surface area contributed by atoms with E-state index < -0.39 is 12.4 Å². The van der Waals surface area contributed by atoms with E-state index in [1.54, 1.807) is 31.2 Å². The minimum absolute atomic E-state index is 0.00843. The third-order valence-corrected chi connectivity index (χ3v) is 4.21. The van der Waals surface area contributed by atoms with Gasteiger partial charge in [0.05, 0.1) is 0 Å². The van der Waals surface area contributed by atoms with E-state index in [9.17, 15) is 22.8 Å². The molecular formula is C20H20F3N3O3. The minimum atomic E-state index is -4.77. The van der Waals surface area contributed by atoms with Crippen molar-refractivity contribution in [2.75, 3.05) is 16.0 Å². The Bertz CT molecular complexity index is 881. The molecule has 0 aromatic heterocycles. The second-order valence-corrected chi connectivity index (χ2v) is 6.77. The number of carbonyl (C=O) groups is 2. The van der Waals surface area contributed by atoms with Gasteiger partial charge in [-0.15, -0.1) is 13.2 Å². The Morgan fingerprint density at radius 1 is 1.00 bits per heavy atom. The lowest BCUT2D eigenvalue weighted by atomic mass is 10.2. The lowest BCUT2D eigenvalue weighted by Crippen LogP contribution is -2.31. The SMILES string of the molecule is C[C@@H](Nc1cccc(NC(=O)C2CC2)c1)C(=O)Nc1ccc(OC(F)(F)F)cc1. The molecule has 6 nitrogen and oxygen atoms in total. The van der Waals surface area contributed by atoms with Gasteiger partial charge in [0.2, 0.25) is 11.8 Å². The standard InChI is InChI=1S/C20H20F3N3O3/c1-12(18(27)25-14-7-9-17(10-8-14)29-20(21,22)23)24-15-3-2-4-16(11-15)26-19(28)13-5-6-13/h2-4,7-13,24H,5-6H2,1H3,(H,25,27)(H,26,28)/t12-/m1/s1. The maximum atomic E-state index is 12.3. The van der Waals surface area contributed by atoms with Crippen LogP contribution in [0, 0.1) is 5.92 Å². The fourth-order valence-corrected chi connectivity index (χ4v) is 2.58. The first kappa shape index (κ1) is 20.5. The molecule has 29 heavy (non-hydrogen) atoms. The van der Waals surface area contributed by atoms with Crippen molar-refractivity contribution < 1.29 is 27.5 Å². The number of amides is 2. The molecule has 0 unspecified atom stereocenters. The number of benzene rings is 2. The molecule has 1 aliphatic rings. The molecule has 0 heterocycles. The van der Waals surface area contributed by atoms with Gasteiger partial charge >= 0.3 is 6.36 Å². The summed E-state index contributed by atoms with van der Waals surface area (Å²) in [5.41, 5.74) is 1.62. The number of ether oxygens (including phenoxy) is 1. The van der Waals surface area contributed by atoms with Gasteiger partial charge in [-0.05, 0) is 62.2 Å². The van der Waals surface area contributed by atoms with Crippen LogP contribution in [0.3, 0.4) is 0 Å². The fraction of sp³-hybridized carbons (Fsp3) is 0.300. The van der Waals surface area contributed by atoms with Crippen molar-refractivity contribution >= 4 is 28.9 Å². The van der Waals surface area contributed by atoms with Crippen molar-refractivity contribution in [3.63, 3.8) is 0 Å². The van der Waals surface area contributed by atoms with Crippen molar-refractivity contribution in [1.29, 1.82) is 0 Å².